The van der Waals surface area contributed by atoms with Crippen LogP contribution in [0.1, 0.15) is 12.7 Å². The fourth-order valence-corrected chi connectivity index (χ4v) is 2.68. The zero-order chi connectivity index (χ0) is 14.6. The van der Waals surface area contributed by atoms with E-state index in [2.05, 4.69) is 9.72 Å². The number of nitrogens with one attached hydrogen (secondary N) is 1. The molecular weight excluding hydrogens is 274 g/mol. The van der Waals surface area contributed by atoms with E-state index in [1.807, 2.05) is 11.6 Å². The van der Waals surface area contributed by atoms with Gasteiger partial charge in [0.1, 0.15) is 11.9 Å². The molecule has 0 aliphatic heterocycles. The van der Waals surface area contributed by atoms with Crippen molar-refractivity contribution in [3.63, 3.8) is 0 Å². The highest BCUT2D eigenvalue weighted by molar-refractivity contribution is 7.89. The van der Waals surface area contributed by atoms with Gasteiger partial charge in [-0.2, -0.15) is 4.72 Å². The van der Waals surface area contributed by atoms with Gasteiger partial charge < -0.3 is 14.4 Å². The van der Waals surface area contributed by atoms with Crippen LogP contribution in [0.25, 0.3) is 0 Å². The largest absolute Gasteiger partial charge is 0.480 e. The van der Waals surface area contributed by atoms with Crippen molar-refractivity contribution in [1.29, 1.82) is 0 Å². The second-order valence-electron chi connectivity index (χ2n) is 3.88. The molecule has 0 spiro atoms. The number of methoxy groups -OCH3 is 1. The van der Waals surface area contributed by atoms with Crippen molar-refractivity contribution >= 4 is 16.0 Å². The number of imidazole rings is 1. The molecule has 1 heterocycles. The number of hydrogen-bond acceptors (Lipinski definition) is 5. The van der Waals surface area contributed by atoms with Crippen LogP contribution >= 0.6 is 0 Å². The van der Waals surface area contributed by atoms with Gasteiger partial charge in [0.2, 0.25) is 0 Å². The number of ether oxygens (including phenoxy) is 1. The van der Waals surface area contributed by atoms with E-state index in [0.717, 1.165) is 0 Å². The Bertz CT molecular complexity index is 552. The number of hydrogen-bond donors (Lipinski definition) is 2. The fourth-order valence-electron chi connectivity index (χ4n) is 1.50. The van der Waals surface area contributed by atoms with Crippen LogP contribution in [0.4, 0.5) is 0 Å². The minimum absolute atomic E-state index is 0.200. The summed E-state index contributed by atoms with van der Waals surface area (Å²) in [5.41, 5.74) is 0. The molecule has 0 saturated carbocycles. The van der Waals surface area contributed by atoms with E-state index in [4.69, 9.17) is 5.11 Å². The van der Waals surface area contributed by atoms with Crippen LogP contribution in [-0.4, -0.2) is 48.8 Å². The molecule has 108 valence electrons. The summed E-state index contributed by atoms with van der Waals surface area (Å²) < 4.78 is 32.4. The van der Waals surface area contributed by atoms with E-state index < -0.39 is 22.0 Å². The molecule has 0 aliphatic rings. The summed E-state index contributed by atoms with van der Waals surface area (Å²) in [6, 6.07) is -1.35. The molecule has 1 aromatic heterocycles. The summed E-state index contributed by atoms with van der Waals surface area (Å²) in [7, 11) is -2.69. The predicted molar refractivity (Wildman–Crippen MR) is 66.3 cm³/mol. The van der Waals surface area contributed by atoms with E-state index in [1.54, 1.807) is 11.5 Å². The zero-order valence-corrected chi connectivity index (χ0v) is 11.8. The number of nitrogens with zero attached hydrogens (tertiary/aromatic N) is 2. The van der Waals surface area contributed by atoms with Gasteiger partial charge in [-0.15, -0.1) is 0 Å². The highest BCUT2D eigenvalue weighted by Gasteiger charge is 2.27. The van der Waals surface area contributed by atoms with Gasteiger partial charge in [-0.05, 0) is 13.8 Å². The summed E-state index contributed by atoms with van der Waals surface area (Å²) in [4.78, 5) is 14.8. The third-order valence-electron chi connectivity index (χ3n) is 2.50. The minimum atomic E-state index is -3.98. The van der Waals surface area contributed by atoms with E-state index in [1.165, 1.54) is 13.3 Å². The maximum atomic E-state index is 12.0. The van der Waals surface area contributed by atoms with Crippen molar-refractivity contribution in [3.05, 3.63) is 12.0 Å². The Hall–Kier alpha value is -1.45. The molecule has 1 rings (SSSR count). The number of aryl methyl sites for hydroxylation is 2. The van der Waals surface area contributed by atoms with E-state index in [9.17, 15) is 13.2 Å². The van der Waals surface area contributed by atoms with Crippen LogP contribution in [0, 0.1) is 6.92 Å². The molecule has 0 radical (unpaired) electrons. The SMILES string of the molecule is CCn1cc(S(=O)(=O)NC(COC)C(=O)O)nc1C. The van der Waals surface area contributed by atoms with E-state index in [0.29, 0.717) is 12.4 Å². The number of aliphatic carboxylic acids is 1. The Balaban J connectivity index is 2.99. The smallest absolute Gasteiger partial charge is 0.324 e. The first kappa shape index (κ1) is 15.6. The third kappa shape index (κ3) is 3.75. The molecule has 0 amide bonds. The Morgan fingerprint density at radius 1 is 1.63 bits per heavy atom. The minimum Gasteiger partial charge on any atom is -0.480 e. The fraction of sp³-hybridized carbons (Fsp3) is 0.600. The molecule has 1 atom stereocenters. The Morgan fingerprint density at radius 3 is 2.68 bits per heavy atom. The number of carboxylic acids is 1. The summed E-state index contributed by atoms with van der Waals surface area (Å²) in [6.07, 6.45) is 1.36. The highest BCUT2D eigenvalue weighted by Crippen LogP contribution is 2.09. The lowest BCUT2D eigenvalue weighted by molar-refractivity contribution is -0.140. The average Bonchev–Trinajstić information content (AvgIpc) is 2.70. The number of carbonyl (C=O) groups is 1. The summed E-state index contributed by atoms with van der Waals surface area (Å²) in [5, 5.41) is 8.69. The molecule has 9 heteroatoms. The summed E-state index contributed by atoms with van der Waals surface area (Å²) >= 11 is 0. The quantitative estimate of drug-likeness (QED) is 0.706. The van der Waals surface area contributed by atoms with Crippen LogP contribution in [0.2, 0.25) is 0 Å². The predicted octanol–water partition coefficient (Wildman–Crippen LogP) is -0.411. The third-order valence-corrected chi connectivity index (χ3v) is 3.84. The Kier molecular flexibility index (Phi) is 5.04. The van der Waals surface area contributed by atoms with Gasteiger partial charge in [0.15, 0.2) is 5.03 Å². The van der Waals surface area contributed by atoms with Gasteiger partial charge in [0, 0.05) is 19.9 Å². The second-order valence-corrected chi connectivity index (χ2v) is 5.54. The first-order valence-corrected chi connectivity index (χ1v) is 7.08. The lowest BCUT2D eigenvalue weighted by atomic mass is 10.3. The second kappa shape index (κ2) is 6.13. The molecule has 0 aliphatic carbocycles. The first-order valence-electron chi connectivity index (χ1n) is 5.59. The van der Waals surface area contributed by atoms with Crippen LogP contribution in [-0.2, 0) is 26.1 Å². The van der Waals surface area contributed by atoms with Crippen LogP contribution < -0.4 is 4.72 Å². The van der Waals surface area contributed by atoms with Gasteiger partial charge in [-0.1, -0.05) is 0 Å². The van der Waals surface area contributed by atoms with Crippen molar-refractivity contribution in [2.24, 2.45) is 0 Å². The van der Waals surface area contributed by atoms with Gasteiger partial charge in [-0.25, -0.2) is 13.4 Å². The lowest BCUT2D eigenvalue weighted by Gasteiger charge is -2.12. The maximum Gasteiger partial charge on any atom is 0.324 e. The van der Waals surface area contributed by atoms with Crippen molar-refractivity contribution in [2.75, 3.05) is 13.7 Å². The molecule has 0 bridgehead atoms. The molecule has 0 saturated heterocycles. The van der Waals surface area contributed by atoms with Crippen molar-refractivity contribution in [1.82, 2.24) is 14.3 Å². The molecule has 0 fully saturated rings. The monoisotopic (exact) mass is 291 g/mol. The Morgan fingerprint density at radius 2 is 2.26 bits per heavy atom. The number of carboxylic acid groups (broad SMARTS) is 1. The normalized spacial score (nSPS) is 13.4. The Labute approximate surface area is 111 Å². The van der Waals surface area contributed by atoms with Gasteiger partial charge in [-0.3, -0.25) is 4.79 Å². The topological polar surface area (TPSA) is 111 Å². The molecule has 8 nitrogen and oxygen atoms in total. The number of rotatable bonds is 7. The zero-order valence-electron chi connectivity index (χ0n) is 11.0. The van der Waals surface area contributed by atoms with Gasteiger partial charge in [0.25, 0.3) is 10.0 Å². The van der Waals surface area contributed by atoms with Crippen molar-refractivity contribution in [2.45, 2.75) is 31.5 Å². The average molecular weight is 291 g/mol. The molecular formula is C10H17N3O5S. The van der Waals surface area contributed by atoms with Crippen molar-refractivity contribution in [3.8, 4) is 0 Å². The summed E-state index contributed by atoms with van der Waals surface area (Å²) in [5.74, 6) is -0.765. The van der Waals surface area contributed by atoms with Gasteiger partial charge in [0.05, 0.1) is 6.61 Å². The van der Waals surface area contributed by atoms with Crippen LogP contribution in [0.15, 0.2) is 11.2 Å². The molecule has 19 heavy (non-hydrogen) atoms. The number of sulfonamides is 1. The molecule has 0 aromatic carbocycles. The molecule has 2 N–H and O–H groups in total. The maximum absolute atomic E-state index is 12.0. The first-order chi connectivity index (χ1) is 8.81. The lowest BCUT2D eigenvalue weighted by Crippen LogP contribution is -2.43. The van der Waals surface area contributed by atoms with E-state index >= 15 is 0 Å². The van der Waals surface area contributed by atoms with E-state index in [-0.39, 0.29) is 11.6 Å². The highest BCUT2D eigenvalue weighted by atomic mass is 32.2. The number of aromatic nitrogens is 2. The summed E-state index contributed by atoms with van der Waals surface area (Å²) in [6.45, 7) is 3.84. The molecule has 1 aromatic rings. The standard InChI is InChI=1S/C10H17N3O5S/c1-4-13-5-9(11-7(13)2)19(16,17)12-8(6-18-3)10(14)15/h5,8,12H,4,6H2,1-3H3,(H,14,15). The van der Waals surface area contributed by atoms with Crippen LogP contribution in [0.5, 0.6) is 0 Å². The van der Waals surface area contributed by atoms with Crippen LogP contribution in [0.3, 0.4) is 0 Å². The molecule has 1 unspecified atom stereocenters. The van der Waals surface area contributed by atoms with Gasteiger partial charge >= 0.3 is 5.97 Å². The van der Waals surface area contributed by atoms with Crippen molar-refractivity contribution < 1.29 is 23.1 Å².